The molecule has 38 valence electrons. The third-order valence-electron chi connectivity index (χ3n) is 0.492. The van der Waals surface area contributed by atoms with Gasteiger partial charge in [-0.25, -0.2) is 4.98 Å². The lowest BCUT2D eigenvalue weighted by Gasteiger charge is -1.71. The molecular weight excluding hydrogens is 110 g/mol. The first-order valence-electron chi connectivity index (χ1n) is 3.15. The van der Waals surface area contributed by atoms with Gasteiger partial charge in [0, 0.05) is 4.11 Å². The Morgan fingerprint density at radius 1 is 2.14 bits per heavy atom. The number of aromatic nitrogens is 1. The summed E-state index contributed by atoms with van der Waals surface area (Å²) in [5.74, 6) is -0.226. The first-order valence-corrected chi connectivity index (χ1v) is 2.53. The monoisotopic (exact) mass is 118 g/mol. The van der Waals surface area contributed by atoms with Crippen LogP contribution >= 0.6 is 11.3 Å². The van der Waals surface area contributed by atoms with Crippen LogP contribution in [0.2, 0.25) is 0 Å². The molecule has 0 amide bonds. The number of aryl methyl sites for hydroxylation is 1. The quantitative estimate of drug-likeness (QED) is 0.554. The third kappa shape index (κ3) is 0.899. The molecule has 1 heterocycles. The van der Waals surface area contributed by atoms with Crippen LogP contribution in [0.15, 0.2) is 5.38 Å². The fourth-order valence-electron chi connectivity index (χ4n) is 0.265. The highest BCUT2D eigenvalue weighted by molar-refractivity contribution is 7.09. The van der Waals surface area contributed by atoms with Crippen molar-refractivity contribution < 1.29 is 9.22 Å². The summed E-state index contributed by atoms with van der Waals surface area (Å²) in [6.07, 6.45) is 0. The standard InChI is InChI=1S/C4H5NOS/c1-3-5-4(6)2-7-3/h2,6H,1H3/i1D3. The van der Waals surface area contributed by atoms with E-state index in [1.165, 1.54) is 5.38 Å². The molecule has 3 heteroatoms. The molecule has 7 heavy (non-hydrogen) atoms. The van der Waals surface area contributed by atoms with Crippen molar-refractivity contribution in [3.8, 4) is 5.88 Å². The highest BCUT2D eigenvalue weighted by Gasteiger charge is 1.88. The number of aromatic hydroxyl groups is 1. The number of hydrogen-bond acceptors (Lipinski definition) is 3. The van der Waals surface area contributed by atoms with Gasteiger partial charge in [-0.15, -0.1) is 11.3 Å². The second-order valence-corrected chi connectivity index (χ2v) is 1.87. The maximum Gasteiger partial charge on any atom is 0.222 e. The Morgan fingerprint density at radius 3 is 3.29 bits per heavy atom. The van der Waals surface area contributed by atoms with Crippen molar-refractivity contribution in [3.63, 3.8) is 0 Å². The maximum atomic E-state index is 8.67. The van der Waals surface area contributed by atoms with Crippen LogP contribution in [0.1, 0.15) is 9.12 Å². The summed E-state index contributed by atoms with van der Waals surface area (Å²) in [5, 5.41) is 9.94. The van der Waals surface area contributed by atoms with Crippen molar-refractivity contribution >= 4 is 11.3 Å². The van der Waals surface area contributed by atoms with Crippen LogP contribution in [0.4, 0.5) is 0 Å². The van der Waals surface area contributed by atoms with Crippen molar-refractivity contribution in [2.24, 2.45) is 0 Å². The summed E-state index contributed by atoms with van der Waals surface area (Å²) in [7, 11) is 0. The van der Waals surface area contributed by atoms with E-state index in [4.69, 9.17) is 9.22 Å². The molecule has 2 nitrogen and oxygen atoms in total. The van der Waals surface area contributed by atoms with E-state index in [0.717, 1.165) is 11.3 Å². The van der Waals surface area contributed by atoms with E-state index in [-0.39, 0.29) is 10.9 Å². The van der Waals surface area contributed by atoms with Gasteiger partial charge in [-0.1, -0.05) is 0 Å². The third-order valence-corrected chi connectivity index (χ3v) is 1.14. The molecule has 1 aromatic heterocycles. The van der Waals surface area contributed by atoms with E-state index in [1.54, 1.807) is 0 Å². The predicted molar refractivity (Wildman–Crippen MR) is 28.5 cm³/mol. The van der Waals surface area contributed by atoms with Crippen LogP contribution in [0.5, 0.6) is 5.88 Å². The van der Waals surface area contributed by atoms with Crippen LogP contribution in [0.3, 0.4) is 0 Å². The highest BCUT2D eigenvalue weighted by atomic mass is 32.1. The fourth-order valence-corrected chi connectivity index (χ4v) is 0.681. The van der Waals surface area contributed by atoms with E-state index in [1.807, 2.05) is 0 Å². The molecule has 0 bridgehead atoms. The zero-order valence-electron chi connectivity index (χ0n) is 6.38. The molecule has 0 saturated heterocycles. The van der Waals surface area contributed by atoms with Gasteiger partial charge in [-0.05, 0) is 6.85 Å². The van der Waals surface area contributed by atoms with Gasteiger partial charge in [0.05, 0.1) is 10.4 Å². The molecule has 0 aliphatic carbocycles. The molecular formula is C4H5NOS. The molecule has 0 aliphatic heterocycles. The minimum atomic E-state index is -2.19. The maximum absolute atomic E-state index is 8.67. The minimum absolute atomic E-state index is 0.0231. The summed E-state index contributed by atoms with van der Waals surface area (Å²) in [5.41, 5.74) is 0. The minimum Gasteiger partial charge on any atom is -0.493 e. The van der Waals surface area contributed by atoms with E-state index in [0.29, 0.717) is 0 Å². The first kappa shape index (κ1) is 2.13. The second-order valence-electron chi connectivity index (χ2n) is 1.01. The van der Waals surface area contributed by atoms with Crippen molar-refractivity contribution in [1.29, 1.82) is 0 Å². The van der Waals surface area contributed by atoms with Gasteiger partial charge in [0.15, 0.2) is 0 Å². The molecule has 0 atom stereocenters. The normalized spacial score (nSPS) is 17.4. The molecule has 0 radical (unpaired) electrons. The smallest absolute Gasteiger partial charge is 0.222 e. The molecule has 0 aromatic carbocycles. The Kier molecular flexibility index (Phi) is 0.457. The Hall–Kier alpha value is -0.570. The van der Waals surface area contributed by atoms with Gasteiger partial charge in [-0.2, -0.15) is 0 Å². The Morgan fingerprint density at radius 2 is 3.00 bits per heavy atom. The fraction of sp³-hybridized carbons (Fsp3) is 0.250. The lowest BCUT2D eigenvalue weighted by atomic mass is 10.8. The summed E-state index contributed by atoms with van der Waals surface area (Å²) < 4.78 is 20.6. The summed E-state index contributed by atoms with van der Waals surface area (Å²) in [4.78, 5) is 3.39. The van der Waals surface area contributed by atoms with Gasteiger partial charge < -0.3 is 5.11 Å². The Balaban J connectivity index is 2.96. The Labute approximate surface area is 49.7 Å². The van der Waals surface area contributed by atoms with Crippen LogP contribution < -0.4 is 0 Å². The molecule has 1 aromatic rings. The van der Waals surface area contributed by atoms with Gasteiger partial charge in [0.1, 0.15) is 0 Å². The van der Waals surface area contributed by atoms with Gasteiger partial charge in [0.2, 0.25) is 5.88 Å². The van der Waals surface area contributed by atoms with E-state index >= 15 is 0 Å². The number of rotatable bonds is 0. The van der Waals surface area contributed by atoms with Crippen LogP contribution in [0.25, 0.3) is 0 Å². The van der Waals surface area contributed by atoms with Gasteiger partial charge in [-0.3, -0.25) is 0 Å². The highest BCUT2D eigenvalue weighted by Crippen LogP contribution is 2.11. The number of thiazole rings is 1. The topological polar surface area (TPSA) is 33.1 Å². The summed E-state index contributed by atoms with van der Waals surface area (Å²) >= 11 is 0.933. The van der Waals surface area contributed by atoms with Gasteiger partial charge >= 0.3 is 0 Å². The van der Waals surface area contributed by atoms with Crippen LogP contribution in [-0.2, 0) is 0 Å². The van der Waals surface area contributed by atoms with Crippen molar-refractivity contribution in [2.45, 2.75) is 6.85 Å². The second kappa shape index (κ2) is 1.50. The largest absolute Gasteiger partial charge is 0.493 e. The van der Waals surface area contributed by atoms with Gasteiger partial charge in [0.25, 0.3) is 0 Å². The van der Waals surface area contributed by atoms with Crippen molar-refractivity contribution in [2.75, 3.05) is 0 Å². The van der Waals surface area contributed by atoms with Crippen molar-refractivity contribution in [3.05, 3.63) is 10.4 Å². The SMILES string of the molecule is [2H]C([2H])([2H])c1nc(O)cs1. The zero-order valence-corrected chi connectivity index (χ0v) is 4.20. The predicted octanol–water partition coefficient (Wildman–Crippen LogP) is 1.16. The van der Waals surface area contributed by atoms with Crippen molar-refractivity contribution in [1.82, 2.24) is 4.98 Å². The lowest BCUT2D eigenvalue weighted by molar-refractivity contribution is 0.456. The average Bonchev–Trinajstić information content (AvgIpc) is 2.11. The summed E-state index contributed by atoms with van der Waals surface area (Å²) in [6, 6.07) is 0. The lowest BCUT2D eigenvalue weighted by Crippen LogP contribution is -1.61. The zero-order chi connectivity index (χ0) is 7.78. The number of hydrogen-bond donors (Lipinski definition) is 1. The van der Waals surface area contributed by atoms with E-state index in [2.05, 4.69) is 4.98 Å². The Bertz CT molecular complexity index is 231. The van der Waals surface area contributed by atoms with Crippen LogP contribution in [0, 0.1) is 6.85 Å². The molecule has 0 unspecified atom stereocenters. The van der Waals surface area contributed by atoms with E-state index in [9.17, 15) is 0 Å². The number of nitrogens with zero attached hydrogens (tertiary/aromatic N) is 1. The first-order chi connectivity index (χ1) is 4.50. The molecule has 0 fully saturated rings. The molecule has 0 spiro atoms. The molecule has 1 rings (SSSR count). The van der Waals surface area contributed by atoms with E-state index < -0.39 is 6.85 Å². The van der Waals surface area contributed by atoms with Crippen LogP contribution in [-0.4, -0.2) is 10.1 Å². The molecule has 0 aliphatic rings. The molecule has 0 saturated carbocycles. The molecule has 1 N–H and O–H groups in total. The summed E-state index contributed by atoms with van der Waals surface area (Å²) in [6.45, 7) is -2.19. The average molecular weight is 118 g/mol.